The van der Waals surface area contributed by atoms with Crippen molar-refractivity contribution in [3.63, 3.8) is 0 Å². The monoisotopic (exact) mass is 220 g/mol. The van der Waals surface area contributed by atoms with Gasteiger partial charge in [0.05, 0.1) is 0 Å². The zero-order valence-electron chi connectivity index (χ0n) is 10.5. The van der Waals surface area contributed by atoms with E-state index in [4.69, 9.17) is 0 Å². The summed E-state index contributed by atoms with van der Waals surface area (Å²) in [5, 5.41) is 0. The van der Waals surface area contributed by atoms with Crippen molar-refractivity contribution < 1.29 is 4.39 Å². The third kappa shape index (κ3) is 2.28. The summed E-state index contributed by atoms with van der Waals surface area (Å²) in [6, 6.07) is 4.09. The lowest BCUT2D eigenvalue weighted by Crippen LogP contribution is -2.11. The van der Waals surface area contributed by atoms with E-state index in [0.717, 1.165) is 17.0 Å². The number of benzene rings is 1. The molecule has 0 aromatic heterocycles. The van der Waals surface area contributed by atoms with Crippen LogP contribution in [0.3, 0.4) is 0 Å². The van der Waals surface area contributed by atoms with E-state index in [0.29, 0.717) is 5.92 Å². The molecule has 16 heavy (non-hydrogen) atoms. The smallest absolute Gasteiger partial charge is 0.129 e. The minimum absolute atomic E-state index is 0.0343. The Labute approximate surface area is 97.9 Å². The van der Waals surface area contributed by atoms with Gasteiger partial charge in [0.15, 0.2) is 0 Å². The third-order valence-electron chi connectivity index (χ3n) is 3.95. The first-order valence-corrected chi connectivity index (χ1v) is 6.34. The van der Waals surface area contributed by atoms with E-state index < -0.39 is 0 Å². The lowest BCUT2D eigenvalue weighted by atomic mass is 9.79. The van der Waals surface area contributed by atoms with Gasteiger partial charge in [0.1, 0.15) is 5.82 Å². The first-order chi connectivity index (χ1) is 7.58. The Balaban J connectivity index is 2.21. The summed E-state index contributed by atoms with van der Waals surface area (Å²) in [5.74, 6) is 1.50. The summed E-state index contributed by atoms with van der Waals surface area (Å²) in [6.45, 7) is 6.08. The average Bonchev–Trinajstić information content (AvgIpc) is 2.26. The summed E-state index contributed by atoms with van der Waals surface area (Å²) in [4.78, 5) is 0. The Morgan fingerprint density at radius 3 is 2.00 bits per heavy atom. The molecule has 1 aliphatic rings. The summed E-state index contributed by atoms with van der Waals surface area (Å²) < 4.78 is 13.5. The van der Waals surface area contributed by atoms with Crippen LogP contribution in [0.1, 0.15) is 55.2 Å². The number of halogens is 1. The van der Waals surface area contributed by atoms with Gasteiger partial charge in [0.2, 0.25) is 0 Å². The first kappa shape index (κ1) is 11.6. The Hall–Kier alpha value is -0.850. The molecule has 0 amide bonds. The van der Waals surface area contributed by atoms with Gasteiger partial charge in [0.25, 0.3) is 0 Å². The largest absolute Gasteiger partial charge is 0.206 e. The maximum absolute atomic E-state index is 13.5. The highest BCUT2D eigenvalue weighted by atomic mass is 19.1. The van der Waals surface area contributed by atoms with Crippen molar-refractivity contribution in [1.82, 2.24) is 0 Å². The Kier molecular flexibility index (Phi) is 3.32. The molecule has 0 heterocycles. The second kappa shape index (κ2) is 4.57. The fraction of sp³-hybridized carbons (Fsp3) is 0.600. The van der Waals surface area contributed by atoms with Crippen LogP contribution in [-0.4, -0.2) is 0 Å². The van der Waals surface area contributed by atoms with Crippen molar-refractivity contribution in [2.24, 2.45) is 5.92 Å². The molecule has 88 valence electrons. The van der Waals surface area contributed by atoms with Crippen LogP contribution in [0.25, 0.3) is 0 Å². The Bertz CT molecular complexity index is 350. The molecular weight excluding hydrogens is 199 g/mol. The lowest BCUT2D eigenvalue weighted by Gasteiger charge is -2.27. The zero-order valence-corrected chi connectivity index (χ0v) is 10.5. The zero-order chi connectivity index (χ0) is 11.7. The van der Waals surface area contributed by atoms with Crippen LogP contribution < -0.4 is 0 Å². The van der Waals surface area contributed by atoms with Crippen LogP contribution in [-0.2, 0) is 0 Å². The number of hydrogen-bond donors (Lipinski definition) is 0. The van der Waals surface area contributed by atoms with Crippen molar-refractivity contribution in [2.45, 2.75) is 52.4 Å². The predicted molar refractivity (Wildman–Crippen MR) is 66.2 cm³/mol. The maximum Gasteiger partial charge on any atom is 0.129 e. The van der Waals surface area contributed by atoms with Gasteiger partial charge < -0.3 is 0 Å². The second-order valence-electron chi connectivity index (χ2n) is 5.43. The number of hydrogen-bond acceptors (Lipinski definition) is 0. The standard InChI is InChI=1S/C15H21F/c1-10-4-6-13(7-5-10)14-8-11(2)15(16)12(3)9-14/h8-10,13H,4-7H2,1-3H3. The fourth-order valence-electron chi connectivity index (χ4n) is 2.81. The molecule has 0 atom stereocenters. The van der Waals surface area contributed by atoms with Crippen LogP contribution in [0.15, 0.2) is 12.1 Å². The van der Waals surface area contributed by atoms with Gasteiger partial charge in [0, 0.05) is 0 Å². The van der Waals surface area contributed by atoms with E-state index >= 15 is 0 Å². The average molecular weight is 220 g/mol. The van der Waals surface area contributed by atoms with Crippen LogP contribution in [0.5, 0.6) is 0 Å². The predicted octanol–water partition coefficient (Wildman–Crippen LogP) is 4.74. The minimum atomic E-state index is -0.0343. The topological polar surface area (TPSA) is 0 Å². The van der Waals surface area contributed by atoms with Gasteiger partial charge >= 0.3 is 0 Å². The highest BCUT2D eigenvalue weighted by Crippen LogP contribution is 2.36. The van der Waals surface area contributed by atoms with Crippen LogP contribution in [0.2, 0.25) is 0 Å². The normalized spacial score (nSPS) is 25.8. The highest BCUT2D eigenvalue weighted by molar-refractivity contribution is 5.32. The molecule has 0 aliphatic heterocycles. The van der Waals surface area contributed by atoms with E-state index in [2.05, 4.69) is 6.92 Å². The number of aryl methyl sites for hydroxylation is 2. The fourth-order valence-corrected chi connectivity index (χ4v) is 2.81. The highest BCUT2D eigenvalue weighted by Gasteiger charge is 2.20. The van der Waals surface area contributed by atoms with Crippen molar-refractivity contribution >= 4 is 0 Å². The van der Waals surface area contributed by atoms with Crippen molar-refractivity contribution in [3.05, 3.63) is 34.6 Å². The van der Waals surface area contributed by atoms with E-state index in [1.54, 1.807) is 0 Å². The molecule has 0 radical (unpaired) electrons. The quantitative estimate of drug-likeness (QED) is 0.641. The first-order valence-electron chi connectivity index (χ1n) is 6.34. The summed E-state index contributed by atoms with van der Waals surface area (Å²) >= 11 is 0. The molecule has 0 spiro atoms. The summed E-state index contributed by atoms with van der Waals surface area (Å²) in [7, 11) is 0. The van der Waals surface area contributed by atoms with Gasteiger partial charge in [-0.05, 0) is 55.2 Å². The number of rotatable bonds is 1. The molecule has 0 bridgehead atoms. The van der Waals surface area contributed by atoms with Crippen LogP contribution >= 0.6 is 0 Å². The van der Waals surface area contributed by atoms with Crippen LogP contribution in [0, 0.1) is 25.6 Å². The Morgan fingerprint density at radius 2 is 1.50 bits per heavy atom. The SMILES string of the molecule is Cc1cc(C2CCC(C)CC2)cc(C)c1F. The molecular formula is C15H21F. The molecule has 1 aliphatic carbocycles. The van der Waals surface area contributed by atoms with E-state index in [1.807, 2.05) is 26.0 Å². The minimum Gasteiger partial charge on any atom is -0.206 e. The molecule has 2 rings (SSSR count). The second-order valence-corrected chi connectivity index (χ2v) is 5.43. The molecule has 0 unspecified atom stereocenters. The van der Waals surface area contributed by atoms with Gasteiger partial charge in [-0.15, -0.1) is 0 Å². The molecule has 1 saturated carbocycles. The van der Waals surface area contributed by atoms with Crippen molar-refractivity contribution in [3.8, 4) is 0 Å². The molecule has 1 fully saturated rings. The van der Waals surface area contributed by atoms with Gasteiger partial charge in [-0.2, -0.15) is 0 Å². The van der Waals surface area contributed by atoms with Gasteiger partial charge in [-0.25, -0.2) is 4.39 Å². The maximum atomic E-state index is 13.5. The van der Waals surface area contributed by atoms with Gasteiger partial charge in [-0.3, -0.25) is 0 Å². The molecule has 1 heteroatoms. The Morgan fingerprint density at radius 1 is 1.00 bits per heavy atom. The molecule has 0 nitrogen and oxygen atoms in total. The summed E-state index contributed by atoms with van der Waals surface area (Å²) in [6.07, 6.45) is 5.18. The van der Waals surface area contributed by atoms with Gasteiger partial charge in [-0.1, -0.05) is 31.9 Å². The summed E-state index contributed by atoms with van der Waals surface area (Å²) in [5.41, 5.74) is 2.95. The van der Waals surface area contributed by atoms with Crippen LogP contribution in [0.4, 0.5) is 4.39 Å². The van der Waals surface area contributed by atoms with Crippen molar-refractivity contribution in [2.75, 3.05) is 0 Å². The molecule has 1 aromatic carbocycles. The van der Waals surface area contributed by atoms with E-state index in [9.17, 15) is 4.39 Å². The van der Waals surface area contributed by atoms with E-state index in [1.165, 1.54) is 31.2 Å². The molecule has 1 aromatic rings. The molecule has 0 saturated heterocycles. The third-order valence-corrected chi connectivity index (χ3v) is 3.95. The molecule has 0 N–H and O–H groups in total. The lowest BCUT2D eigenvalue weighted by molar-refractivity contribution is 0.347. The van der Waals surface area contributed by atoms with Crippen molar-refractivity contribution in [1.29, 1.82) is 0 Å². The van der Waals surface area contributed by atoms with E-state index in [-0.39, 0.29) is 5.82 Å².